The minimum absolute atomic E-state index is 0. The predicted octanol–water partition coefficient (Wildman–Crippen LogP) is 3.98. The molecule has 4 nitrogen and oxygen atoms in total. The van der Waals surface area contributed by atoms with Gasteiger partial charge >= 0.3 is 0 Å². The van der Waals surface area contributed by atoms with Crippen LogP contribution in [0.15, 0.2) is 58.0 Å². The molecule has 0 saturated carbocycles. The van der Waals surface area contributed by atoms with Crippen LogP contribution < -0.4 is 15.4 Å². The number of ether oxygens (including phenoxy) is 1. The van der Waals surface area contributed by atoms with Crippen LogP contribution in [0.2, 0.25) is 0 Å². The zero-order valence-corrected chi connectivity index (χ0v) is 17.8. The molecule has 0 aliphatic carbocycles. The van der Waals surface area contributed by atoms with Crippen molar-refractivity contribution in [3.8, 4) is 5.75 Å². The molecule has 0 saturated heterocycles. The summed E-state index contributed by atoms with van der Waals surface area (Å²) in [6.45, 7) is 1.56. The van der Waals surface area contributed by atoms with Gasteiger partial charge in [0, 0.05) is 24.6 Å². The van der Waals surface area contributed by atoms with Crippen molar-refractivity contribution in [2.75, 3.05) is 20.7 Å². The molecule has 0 aliphatic rings. The third kappa shape index (κ3) is 7.09. The third-order valence-corrected chi connectivity index (χ3v) is 3.93. The maximum atomic E-state index is 5.16. The fraction of sp³-hybridized carbons (Fsp3) is 0.278. The normalized spacial score (nSPS) is 10.7. The van der Waals surface area contributed by atoms with Crippen LogP contribution in [0.5, 0.6) is 5.75 Å². The molecule has 0 amide bonds. The Kier molecular flexibility index (Phi) is 9.78. The molecule has 0 spiro atoms. The molecule has 2 aromatic carbocycles. The standard InChI is InChI=1S/C18H22BrN3O.HI/c1-20-18(22-13-15-4-3-5-16(19)12-15)21-11-10-14-6-8-17(23-2)9-7-14;/h3-9,12H,10-11,13H2,1-2H3,(H2,20,21,22);1H. The highest BCUT2D eigenvalue weighted by Crippen LogP contribution is 2.12. The topological polar surface area (TPSA) is 45.7 Å². The van der Waals surface area contributed by atoms with Gasteiger partial charge < -0.3 is 15.4 Å². The van der Waals surface area contributed by atoms with Crippen molar-refractivity contribution in [3.63, 3.8) is 0 Å². The highest BCUT2D eigenvalue weighted by atomic mass is 127. The number of guanidine groups is 1. The Labute approximate surface area is 169 Å². The van der Waals surface area contributed by atoms with Crippen molar-refractivity contribution in [1.29, 1.82) is 0 Å². The maximum absolute atomic E-state index is 5.16. The SMILES string of the molecule is CN=C(NCCc1ccc(OC)cc1)NCc1cccc(Br)c1.I. The molecule has 0 aliphatic heterocycles. The lowest BCUT2D eigenvalue weighted by Crippen LogP contribution is -2.37. The highest BCUT2D eigenvalue weighted by molar-refractivity contribution is 14.0. The van der Waals surface area contributed by atoms with Crippen molar-refractivity contribution in [2.45, 2.75) is 13.0 Å². The smallest absolute Gasteiger partial charge is 0.191 e. The maximum Gasteiger partial charge on any atom is 0.191 e. The molecule has 2 rings (SSSR count). The number of halogens is 2. The van der Waals surface area contributed by atoms with Gasteiger partial charge in [0.15, 0.2) is 5.96 Å². The monoisotopic (exact) mass is 503 g/mol. The van der Waals surface area contributed by atoms with E-state index in [1.165, 1.54) is 11.1 Å². The zero-order chi connectivity index (χ0) is 16.5. The number of hydrogen-bond acceptors (Lipinski definition) is 2. The molecule has 0 aromatic heterocycles. The lowest BCUT2D eigenvalue weighted by atomic mass is 10.1. The van der Waals surface area contributed by atoms with Gasteiger partial charge in [0.05, 0.1) is 7.11 Å². The van der Waals surface area contributed by atoms with Crippen LogP contribution >= 0.6 is 39.9 Å². The van der Waals surface area contributed by atoms with Crippen LogP contribution in [-0.2, 0) is 13.0 Å². The van der Waals surface area contributed by atoms with Gasteiger partial charge in [0.1, 0.15) is 5.75 Å². The Morgan fingerprint density at radius 2 is 1.83 bits per heavy atom. The van der Waals surface area contributed by atoms with Crippen molar-refractivity contribution >= 4 is 45.9 Å². The Bertz CT molecular complexity index is 647. The van der Waals surface area contributed by atoms with E-state index in [1.807, 2.05) is 24.3 Å². The lowest BCUT2D eigenvalue weighted by Gasteiger charge is -2.12. The van der Waals surface area contributed by atoms with Crippen molar-refractivity contribution in [2.24, 2.45) is 4.99 Å². The number of methoxy groups -OCH3 is 1. The lowest BCUT2D eigenvalue weighted by molar-refractivity contribution is 0.414. The van der Waals surface area contributed by atoms with Crippen LogP contribution in [0.4, 0.5) is 0 Å². The van der Waals surface area contributed by atoms with Crippen molar-refractivity contribution in [1.82, 2.24) is 10.6 Å². The molecule has 0 unspecified atom stereocenters. The number of aliphatic imine (C=N–C) groups is 1. The Balaban J connectivity index is 0.00000288. The largest absolute Gasteiger partial charge is 0.497 e. The summed E-state index contributed by atoms with van der Waals surface area (Å²) in [6.07, 6.45) is 0.932. The zero-order valence-electron chi connectivity index (χ0n) is 13.9. The van der Waals surface area contributed by atoms with Gasteiger partial charge in [-0.15, -0.1) is 24.0 Å². The molecule has 0 heterocycles. The van der Waals surface area contributed by atoms with Crippen LogP contribution in [0.3, 0.4) is 0 Å². The summed E-state index contributed by atoms with van der Waals surface area (Å²) in [7, 11) is 3.46. The van der Waals surface area contributed by atoms with E-state index in [4.69, 9.17) is 4.74 Å². The van der Waals surface area contributed by atoms with E-state index >= 15 is 0 Å². The number of hydrogen-bond donors (Lipinski definition) is 2. The number of benzene rings is 2. The molecule has 6 heteroatoms. The minimum atomic E-state index is 0. The van der Waals surface area contributed by atoms with E-state index in [1.54, 1.807) is 14.2 Å². The van der Waals surface area contributed by atoms with E-state index in [-0.39, 0.29) is 24.0 Å². The summed E-state index contributed by atoms with van der Waals surface area (Å²) < 4.78 is 6.25. The second kappa shape index (κ2) is 11.3. The molecule has 0 radical (unpaired) electrons. The predicted molar refractivity (Wildman–Crippen MR) is 114 cm³/mol. The molecular formula is C18H23BrIN3O. The van der Waals surface area contributed by atoms with Gasteiger partial charge in [-0.2, -0.15) is 0 Å². The third-order valence-electron chi connectivity index (χ3n) is 3.44. The second-order valence-electron chi connectivity index (χ2n) is 5.08. The average Bonchev–Trinajstić information content (AvgIpc) is 2.58. The summed E-state index contributed by atoms with van der Waals surface area (Å²) in [4.78, 5) is 4.25. The molecular weight excluding hydrogens is 481 g/mol. The molecule has 24 heavy (non-hydrogen) atoms. The number of nitrogens with one attached hydrogen (secondary N) is 2. The van der Waals surface area contributed by atoms with E-state index in [0.717, 1.165) is 35.7 Å². The first kappa shape index (κ1) is 20.8. The number of nitrogens with zero attached hydrogens (tertiary/aromatic N) is 1. The first-order chi connectivity index (χ1) is 11.2. The molecule has 130 valence electrons. The highest BCUT2D eigenvalue weighted by Gasteiger charge is 2.00. The van der Waals surface area contributed by atoms with Crippen LogP contribution in [-0.4, -0.2) is 26.7 Å². The van der Waals surface area contributed by atoms with Crippen LogP contribution in [0.25, 0.3) is 0 Å². The molecule has 0 bridgehead atoms. The molecule has 0 fully saturated rings. The fourth-order valence-electron chi connectivity index (χ4n) is 2.17. The minimum Gasteiger partial charge on any atom is -0.497 e. The second-order valence-corrected chi connectivity index (χ2v) is 6.00. The van der Waals surface area contributed by atoms with Crippen LogP contribution in [0, 0.1) is 0 Å². The Morgan fingerprint density at radius 1 is 1.08 bits per heavy atom. The van der Waals surface area contributed by atoms with E-state index < -0.39 is 0 Å². The van der Waals surface area contributed by atoms with Gasteiger partial charge in [0.25, 0.3) is 0 Å². The van der Waals surface area contributed by atoms with Crippen molar-refractivity contribution < 1.29 is 4.74 Å². The summed E-state index contributed by atoms with van der Waals surface area (Å²) in [5.41, 5.74) is 2.47. The first-order valence-corrected chi connectivity index (χ1v) is 8.32. The van der Waals surface area contributed by atoms with E-state index in [2.05, 4.69) is 55.8 Å². The Hall–Kier alpha value is -1.28. The summed E-state index contributed by atoms with van der Waals surface area (Å²) in [5.74, 6) is 1.69. The average molecular weight is 504 g/mol. The van der Waals surface area contributed by atoms with Gasteiger partial charge in [-0.25, -0.2) is 0 Å². The van der Waals surface area contributed by atoms with Gasteiger partial charge in [-0.3, -0.25) is 4.99 Å². The Morgan fingerprint density at radius 3 is 2.46 bits per heavy atom. The molecule has 0 atom stereocenters. The van der Waals surface area contributed by atoms with E-state index in [0.29, 0.717) is 0 Å². The molecule has 2 N–H and O–H groups in total. The summed E-state index contributed by atoms with van der Waals surface area (Å²) in [5, 5.41) is 6.64. The molecule has 2 aromatic rings. The van der Waals surface area contributed by atoms with Gasteiger partial charge in [0.2, 0.25) is 0 Å². The summed E-state index contributed by atoms with van der Waals surface area (Å²) in [6, 6.07) is 16.4. The quantitative estimate of drug-likeness (QED) is 0.356. The van der Waals surface area contributed by atoms with E-state index in [9.17, 15) is 0 Å². The first-order valence-electron chi connectivity index (χ1n) is 7.53. The van der Waals surface area contributed by atoms with Crippen LogP contribution in [0.1, 0.15) is 11.1 Å². The fourth-order valence-corrected chi connectivity index (χ4v) is 2.62. The summed E-state index contributed by atoms with van der Waals surface area (Å²) >= 11 is 3.48. The number of rotatable bonds is 6. The van der Waals surface area contributed by atoms with Gasteiger partial charge in [-0.1, -0.05) is 40.2 Å². The van der Waals surface area contributed by atoms with Crippen molar-refractivity contribution in [3.05, 3.63) is 64.1 Å². The van der Waals surface area contributed by atoms with Gasteiger partial charge in [-0.05, 0) is 41.8 Å².